The molecule has 28 heavy (non-hydrogen) atoms. The quantitative estimate of drug-likeness (QED) is 0.615. The normalized spacial score (nSPS) is 11.1. The van der Waals surface area contributed by atoms with Crippen LogP contribution in [0, 0.1) is 0 Å². The molecule has 3 rings (SSSR count). The van der Waals surface area contributed by atoms with Crippen LogP contribution < -0.4 is 18.9 Å². The van der Waals surface area contributed by atoms with E-state index in [1.54, 1.807) is 18.2 Å². The van der Waals surface area contributed by atoms with Crippen molar-refractivity contribution in [2.75, 3.05) is 26.1 Å². The van der Waals surface area contributed by atoms with Crippen molar-refractivity contribution in [2.45, 2.75) is 4.90 Å². The number of benzene rings is 2. The number of nitrogens with zero attached hydrogens (tertiary/aromatic N) is 1. The summed E-state index contributed by atoms with van der Waals surface area (Å²) in [6, 6.07) is 9.11. The van der Waals surface area contributed by atoms with Crippen LogP contribution in [0.2, 0.25) is 5.02 Å². The number of anilines is 1. The van der Waals surface area contributed by atoms with E-state index in [4.69, 9.17) is 30.3 Å². The van der Waals surface area contributed by atoms with Crippen molar-refractivity contribution in [1.82, 2.24) is 5.16 Å². The fourth-order valence-electron chi connectivity index (χ4n) is 2.55. The lowest BCUT2D eigenvalue weighted by atomic mass is 10.1. The molecule has 0 spiro atoms. The van der Waals surface area contributed by atoms with Crippen LogP contribution in [0.3, 0.4) is 0 Å². The van der Waals surface area contributed by atoms with Gasteiger partial charge in [0.15, 0.2) is 5.76 Å². The average Bonchev–Trinajstić information content (AvgIpc) is 3.22. The van der Waals surface area contributed by atoms with Crippen LogP contribution in [-0.4, -0.2) is 34.9 Å². The molecule has 0 saturated carbocycles. The standard InChI is InChI=1S/C18H17ClN2O6S/c1-24-15-10-16(25-2)13(9-12(15)19)21-28(22,23)18-5-4-11(8-17(18)26-3)14-6-7-20-27-14/h4-10,21H,1-3H3. The fourth-order valence-corrected chi connectivity index (χ4v) is 4.00. The van der Waals surface area contributed by atoms with Gasteiger partial charge in [0.25, 0.3) is 10.0 Å². The van der Waals surface area contributed by atoms with E-state index in [1.807, 2.05) is 0 Å². The maximum Gasteiger partial charge on any atom is 0.265 e. The van der Waals surface area contributed by atoms with Crippen molar-refractivity contribution in [3.63, 3.8) is 0 Å². The van der Waals surface area contributed by atoms with Crippen LogP contribution in [0.1, 0.15) is 0 Å². The summed E-state index contributed by atoms with van der Waals surface area (Å²) in [6.45, 7) is 0. The van der Waals surface area contributed by atoms with Crippen LogP contribution in [0.25, 0.3) is 11.3 Å². The lowest BCUT2D eigenvalue weighted by Crippen LogP contribution is -2.15. The Morgan fingerprint density at radius 3 is 2.29 bits per heavy atom. The Morgan fingerprint density at radius 1 is 0.964 bits per heavy atom. The molecule has 0 aliphatic heterocycles. The second kappa shape index (κ2) is 7.99. The van der Waals surface area contributed by atoms with Gasteiger partial charge in [-0.05, 0) is 24.3 Å². The molecule has 0 atom stereocenters. The highest BCUT2D eigenvalue weighted by Crippen LogP contribution is 2.38. The second-order valence-corrected chi connectivity index (χ2v) is 7.59. The average molecular weight is 425 g/mol. The summed E-state index contributed by atoms with van der Waals surface area (Å²) in [4.78, 5) is -0.0627. The lowest BCUT2D eigenvalue weighted by molar-refractivity contribution is 0.395. The Bertz CT molecular complexity index is 1080. The molecular weight excluding hydrogens is 408 g/mol. The lowest BCUT2D eigenvalue weighted by Gasteiger charge is -2.16. The molecule has 2 aromatic carbocycles. The number of hydrogen-bond acceptors (Lipinski definition) is 7. The summed E-state index contributed by atoms with van der Waals surface area (Å²) >= 11 is 6.11. The Balaban J connectivity index is 2.01. The first kappa shape index (κ1) is 19.8. The van der Waals surface area contributed by atoms with Gasteiger partial charge in [-0.2, -0.15) is 0 Å². The predicted molar refractivity (Wildman–Crippen MR) is 104 cm³/mol. The molecule has 0 saturated heterocycles. The molecule has 0 aliphatic carbocycles. The van der Waals surface area contributed by atoms with Gasteiger partial charge in [0, 0.05) is 17.7 Å². The topological polar surface area (TPSA) is 99.9 Å². The third-order valence-electron chi connectivity index (χ3n) is 3.89. The van der Waals surface area contributed by atoms with E-state index >= 15 is 0 Å². The highest BCUT2D eigenvalue weighted by Gasteiger charge is 2.23. The number of hydrogen-bond donors (Lipinski definition) is 1. The van der Waals surface area contributed by atoms with Crippen LogP contribution in [0.15, 0.2) is 52.0 Å². The first-order valence-electron chi connectivity index (χ1n) is 7.93. The zero-order valence-corrected chi connectivity index (χ0v) is 16.8. The summed E-state index contributed by atoms with van der Waals surface area (Å²) in [6.07, 6.45) is 1.49. The molecule has 1 heterocycles. The van der Waals surface area contributed by atoms with Gasteiger partial charge in [0.1, 0.15) is 22.1 Å². The van der Waals surface area contributed by atoms with Gasteiger partial charge in [0.05, 0.1) is 38.2 Å². The molecule has 148 valence electrons. The Morgan fingerprint density at radius 2 is 1.68 bits per heavy atom. The molecule has 0 radical (unpaired) electrons. The van der Waals surface area contributed by atoms with Gasteiger partial charge in [-0.3, -0.25) is 4.72 Å². The summed E-state index contributed by atoms with van der Waals surface area (Å²) in [7, 11) is 0.227. The number of halogens is 1. The molecule has 0 amide bonds. The van der Waals surface area contributed by atoms with Gasteiger partial charge in [-0.1, -0.05) is 16.8 Å². The van der Waals surface area contributed by atoms with E-state index in [-0.39, 0.29) is 27.1 Å². The third kappa shape index (κ3) is 3.85. The Kier molecular flexibility index (Phi) is 5.66. The maximum atomic E-state index is 13.0. The van der Waals surface area contributed by atoms with Crippen molar-refractivity contribution < 1.29 is 27.2 Å². The van der Waals surface area contributed by atoms with Gasteiger partial charge >= 0.3 is 0 Å². The first-order chi connectivity index (χ1) is 13.4. The van der Waals surface area contributed by atoms with Gasteiger partial charge in [-0.15, -0.1) is 0 Å². The molecule has 0 fully saturated rings. The number of rotatable bonds is 7. The van der Waals surface area contributed by atoms with Crippen molar-refractivity contribution >= 4 is 27.3 Å². The number of aromatic nitrogens is 1. The molecule has 10 heteroatoms. The van der Waals surface area contributed by atoms with E-state index < -0.39 is 10.0 Å². The Labute approximate surface area is 167 Å². The second-order valence-electron chi connectivity index (χ2n) is 5.53. The molecule has 0 aliphatic rings. The molecule has 1 N–H and O–H groups in total. The zero-order valence-electron chi connectivity index (χ0n) is 15.2. The van der Waals surface area contributed by atoms with E-state index in [0.29, 0.717) is 17.1 Å². The predicted octanol–water partition coefficient (Wildman–Crippen LogP) is 3.82. The van der Waals surface area contributed by atoms with Crippen LogP contribution in [0.4, 0.5) is 5.69 Å². The number of methoxy groups -OCH3 is 3. The smallest absolute Gasteiger partial charge is 0.265 e. The summed E-state index contributed by atoms with van der Waals surface area (Å²) < 4.78 is 49.1. The van der Waals surface area contributed by atoms with Crippen LogP contribution in [0.5, 0.6) is 17.2 Å². The maximum absolute atomic E-state index is 13.0. The molecule has 1 aromatic heterocycles. The number of sulfonamides is 1. The van der Waals surface area contributed by atoms with E-state index in [0.717, 1.165) is 0 Å². The van der Waals surface area contributed by atoms with E-state index in [9.17, 15) is 8.42 Å². The molecule has 0 bridgehead atoms. The number of ether oxygens (including phenoxy) is 3. The molecular formula is C18H17ClN2O6S. The number of nitrogens with one attached hydrogen (secondary N) is 1. The minimum atomic E-state index is -4.01. The minimum Gasteiger partial charge on any atom is -0.495 e. The van der Waals surface area contributed by atoms with Gasteiger partial charge < -0.3 is 18.7 Å². The highest BCUT2D eigenvalue weighted by atomic mass is 35.5. The van der Waals surface area contributed by atoms with E-state index in [1.165, 1.54) is 45.7 Å². The summed E-state index contributed by atoms with van der Waals surface area (Å²) in [5, 5.41) is 3.87. The van der Waals surface area contributed by atoms with Crippen molar-refractivity contribution in [2.24, 2.45) is 0 Å². The summed E-state index contributed by atoms with van der Waals surface area (Å²) in [5.41, 5.74) is 0.785. The zero-order chi connectivity index (χ0) is 20.3. The summed E-state index contributed by atoms with van der Waals surface area (Å²) in [5.74, 6) is 1.23. The molecule has 8 nitrogen and oxygen atoms in total. The highest BCUT2D eigenvalue weighted by molar-refractivity contribution is 7.92. The SMILES string of the molecule is COc1cc(OC)c(NS(=O)(=O)c2ccc(-c3ccno3)cc2OC)cc1Cl. The largest absolute Gasteiger partial charge is 0.495 e. The fraction of sp³-hybridized carbons (Fsp3) is 0.167. The van der Waals surface area contributed by atoms with Crippen molar-refractivity contribution in [1.29, 1.82) is 0 Å². The Hall–Kier alpha value is -2.91. The first-order valence-corrected chi connectivity index (χ1v) is 9.79. The van der Waals surface area contributed by atoms with Gasteiger partial charge in [0.2, 0.25) is 0 Å². The van der Waals surface area contributed by atoms with Crippen molar-refractivity contribution in [3.8, 4) is 28.6 Å². The van der Waals surface area contributed by atoms with Crippen LogP contribution in [-0.2, 0) is 10.0 Å². The molecule has 0 unspecified atom stereocenters. The van der Waals surface area contributed by atoms with Crippen LogP contribution >= 0.6 is 11.6 Å². The monoisotopic (exact) mass is 424 g/mol. The van der Waals surface area contributed by atoms with Crippen molar-refractivity contribution in [3.05, 3.63) is 47.6 Å². The molecule has 3 aromatic rings. The van der Waals surface area contributed by atoms with E-state index in [2.05, 4.69) is 9.88 Å². The van der Waals surface area contributed by atoms with Gasteiger partial charge in [-0.25, -0.2) is 8.42 Å². The third-order valence-corrected chi connectivity index (χ3v) is 5.59. The minimum absolute atomic E-state index is 0.0627.